The van der Waals surface area contributed by atoms with Crippen molar-refractivity contribution in [3.8, 4) is 6.07 Å². The molecule has 2 fully saturated rings. The lowest BCUT2D eigenvalue weighted by Gasteiger charge is -2.21. The molecule has 2 aliphatic carbocycles. The molecule has 26 heavy (non-hydrogen) atoms. The van der Waals surface area contributed by atoms with E-state index in [-0.39, 0.29) is 18.2 Å². The van der Waals surface area contributed by atoms with Crippen LogP contribution >= 0.6 is 0 Å². The average Bonchev–Trinajstić information content (AvgIpc) is 3.50. The van der Waals surface area contributed by atoms with Crippen LogP contribution in [0.3, 0.4) is 0 Å². The third kappa shape index (κ3) is 7.33. The average molecular weight is 364 g/mol. The SMILES string of the molecule is CC(CC1CC1)C(=O)N[C@H](C#N)C[C@H](CCN)CC1CC1CCC(=O)O. The fourth-order valence-corrected chi connectivity index (χ4v) is 4.01. The second-order valence-electron chi connectivity index (χ2n) is 8.37. The molecule has 0 aromatic heterocycles. The summed E-state index contributed by atoms with van der Waals surface area (Å²) in [6, 6.07) is 1.78. The van der Waals surface area contributed by atoms with Crippen LogP contribution in [0.5, 0.6) is 0 Å². The van der Waals surface area contributed by atoms with Crippen molar-refractivity contribution in [2.45, 2.75) is 70.8 Å². The van der Waals surface area contributed by atoms with Crippen molar-refractivity contribution < 1.29 is 14.7 Å². The fraction of sp³-hybridized carbons (Fsp3) is 0.850. The zero-order chi connectivity index (χ0) is 19.1. The molecular weight excluding hydrogens is 330 g/mol. The van der Waals surface area contributed by atoms with Gasteiger partial charge in [-0.1, -0.05) is 19.8 Å². The molecule has 6 nitrogen and oxygen atoms in total. The number of carboxylic acids is 1. The summed E-state index contributed by atoms with van der Waals surface area (Å²) in [5, 5.41) is 21.2. The predicted octanol–water partition coefficient (Wildman–Crippen LogP) is 2.68. The molecule has 0 aromatic carbocycles. The minimum atomic E-state index is -0.735. The summed E-state index contributed by atoms with van der Waals surface area (Å²) < 4.78 is 0. The van der Waals surface area contributed by atoms with Crippen LogP contribution in [0.25, 0.3) is 0 Å². The maximum absolute atomic E-state index is 12.3. The number of nitrogens with one attached hydrogen (secondary N) is 1. The van der Waals surface area contributed by atoms with E-state index in [9.17, 15) is 14.9 Å². The van der Waals surface area contributed by atoms with Crippen LogP contribution in [-0.4, -0.2) is 29.6 Å². The quantitative estimate of drug-likeness (QED) is 0.465. The molecule has 0 radical (unpaired) electrons. The van der Waals surface area contributed by atoms with E-state index in [2.05, 4.69) is 11.4 Å². The highest BCUT2D eigenvalue weighted by atomic mass is 16.4. The molecule has 0 heterocycles. The van der Waals surface area contributed by atoms with Crippen LogP contribution in [0.15, 0.2) is 0 Å². The Hall–Kier alpha value is -1.61. The minimum absolute atomic E-state index is 0.0132. The van der Waals surface area contributed by atoms with Gasteiger partial charge in [0, 0.05) is 12.3 Å². The molecule has 6 heteroatoms. The summed E-state index contributed by atoms with van der Waals surface area (Å²) in [6.45, 7) is 2.51. The number of hydrogen-bond acceptors (Lipinski definition) is 4. The number of amides is 1. The predicted molar refractivity (Wildman–Crippen MR) is 98.9 cm³/mol. The molecule has 2 saturated carbocycles. The van der Waals surface area contributed by atoms with E-state index in [1.165, 1.54) is 12.8 Å². The Balaban J connectivity index is 1.76. The maximum Gasteiger partial charge on any atom is 0.303 e. The van der Waals surface area contributed by atoms with Gasteiger partial charge in [-0.05, 0) is 68.7 Å². The first kappa shape index (κ1) is 20.7. The molecular formula is C20H33N3O3. The molecule has 0 aromatic rings. The zero-order valence-corrected chi connectivity index (χ0v) is 15.8. The Labute approximate surface area is 156 Å². The maximum atomic E-state index is 12.3. The number of aliphatic carboxylic acids is 1. The third-order valence-electron chi connectivity index (χ3n) is 5.88. The Morgan fingerprint density at radius 1 is 1.31 bits per heavy atom. The second-order valence-corrected chi connectivity index (χ2v) is 8.37. The summed E-state index contributed by atoms with van der Waals surface area (Å²) >= 11 is 0. The Kier molecular flexibility index (Phi) is 7.89. The van der Waals surface area contributed by atoms with E-state index < -0.39 is 12.0 Å². The molecule has 3 unspecified atom stereocenters. The fourth-order valence-electron chi connectivity index (χ4n) is 4.01. The molecule has 0 saturated heterocycles. The number of carbonyl (C=O) groups excluding carboxylic acids is 1. The number of nitriles is 1. The summed E-state index contributed by atoms with van der Waals surface area (Å²) in [7, 11) is 0. The number of hydrogen-bond donors (Lipinski definition) is 3. The van der Waals surface area contributed by atoms with Gasteiger partial charge in [-0.25, -0.2) is 0 Å². The summed E-state index contributed by atoms with van der Waals surface area (Å²) in [5.41, 5.74) is 5.74. The third-order valence-corrected chi connectivity index (χ3v) is 5.88. The number of nitrogens with zero attached hydrogens (tertiary/aromatic N) is 1. The van der Waals surface area contributed by atoms with Crippen LogP contribution in [0.2, 0.25) is 0 Å². The molecule has 0 spiro atoms. The first-order chi connectivity index (χ1) is 12.4. The lowest BCUT2D eigenvalue weighted by atomic mass is 9.90. The first-order valence-electron chi connectivity index (χ1n) is 10.0. The van der Waals surface area contributed by atoms with Gasteiger partial charge in [0.15, 0.2) is 0 Å². The molecule has 2 aliphatic rings. The normalized spacial score (nSPS) is 25.0. The summed E-state index contributed by atoms with van der Waals surface area (Å²) in [6.07, 6.45) is 7.88. The van der Waals surface area contributed by atoms with Crippen molar-refractivity contribution in [1.82, 2.24) is 5.32 Å². The minimum Gasteiger partial charge on any atom is -0.481 e. The first-order valence-corrected chi connectivity index (χ1v) is 10.0. The van der Waals surface area contributed by atoms with Crippen LogP contribution in [0, 0.1) is 40.9 Å². The van der Waals surface area contributed by atoms with Crippen LogP contribution in [0.4, 0.5) is 0 Å². The Bertz CT molecular complexity index is 527. The van der Waals surface area contributed by atoms with Crippen molar-refractivity contribution in [2.24, 2.45) is 35.3 Å². The molecule has 2 rings (SSSR count). The largest absolute Gasteiger partial charge is 0.481 e. The van der Waals surface area contributed by atoms with Crippen molar-refractivity contribution in [3.05, 3.63) is 0 Å². The van der Waals surface area contributed by atoms with Crippen LogP contribution in [0.1, 0.15) is 64.7 Å². The lowest BCUT2D eigenvalue weighted by Crippen LogP contribution is -2.39. The van der Waals surface area contributed by atoms with E-state index in [0.717, 1.165) is 32.1 Å². The number of nitrogens with two attached hydrogens (primary N) is 1. The van der Waals surface area contributed by atoms with Crippen molar-refractivity contribution in [1.29, 1.82) is 5.26 Å². The van der Waals surface area contributed by atoms with E-state index in [4.69, 9.17) is 10.8 Å². The van der Waals surface area contributed by atoms with Gasteiger partial charge in [0.25, 0.3) is 0 Å². The van der Waals surface area contributed by atoms with Gasteiger partial charge in [-0.3, -0.25) is 9.59 Å². The van der Waals surface area contributed by atoms with E-state index >= 15 is 0 Å². The highest BCUT2D eigenvalue weighted by molar-refractivity contribution is 5.78. The monoisotopic (exact) mass is 363 g/mol. The Morgan fingerprint density at radius 3 is 2.62 bits per heavy atom. The van der Waals surface area contributed by atoms with Gasteiger partial charge in [0.05, 0.1) is 6.07 Å². The van der Waals surface area contributed by atoms with Gasteiger partial charge >= 0.3 is 5.97 Å². The Morgan fingerprint density at radius 2 is 2.04 bits per heavy atom. The van der Waals surface area contributed by atoms with E-state index in [0.29, 0.717) is 36.6 Å². The molecule has 0 aliphatic heterocycles. The van der Waals surface area contributed by atoms with Gasteiger partial charge in [-0.2, -0.15) is 5.26 Å². The number of carbonyl (C=O) groups is 2. The van der Waals surface area contributed by atoms with Crippen molar-refractivity contribution >= 4 is 11.9 Å². The van der Waals surface area contributed by atoms with E-state index in [1.807, 2.05) is 6.92 Å². The molecule has 5 atom stereocenters. The summed E-state index contributed by atoms with van der Waals surface area (Å²) in [5.74, 6) is 1.27. The van der Waals surface area contributed by atoms with Gasteiger partial charge in [0.1, 0.15) is 6.04 Å². The highest BCUT2D eigenvalue weighted by Gasteiger charge is 2.38. The molecule has 0 bridgehead atoms. The molecule has 4 N–H and O–H groups in total. The van der Waals surface area contributed by atoms with E-state index in [1.54, 1.807) is 0 Å². The van der Waals surface area contributed by atoms with Gasteiger partial charge < -0.3 is 16.2 Å². The lowest BCUT2D eigenvalue weighted by molar-refractivity contribution is -0.137. The number of carboxylic acid groups (broad SMARTS) is 1. The van der Waals surface area contributed by atoms with Crippen LogP contribution < -0.4 is 11.1 Å². The standard InChI is InChI=1S/C20H33N3O3/c1-13(8-14-2-3-14)20(26)23-18(12-22)10-15(6-7-21)9-17-11-16(17)4-5-19(24)25/h13-18H,2-11,21H2,1H3,(H,23,26)(H,24,25)/t13?,15-,16?,17?,18+/m1/s1. The molecule has 1 amide bonds. The van der Waals surface area contributed by atoms with Crippen molar-refractivity contribution in [2.75, 3.05) is 6.54 Å². The molecule has 146 valence electrons. The second kappa shape index (κ2) is 9.91. The van der Waals surface area contributed by atoms with Crippen LogP contribution in [-0.2, 0) is 9.59 Å². The van der Waals surface area contributed by atoms with Gasteiger partial charge in [-0.15, -0.1) is 0 Å². The van der Waals surface area contributed by atoms with Crippen molar-refractivity contribution in [3.63, 3.8) is 0 Å². The van der Waals surface area contributed by atoms with Gasteiger partial charge in [0.2, 0.25) is 5.91 Å². The zero-order valence-electron chi connectivity index (χ0n) is 15.8. The topological polar surface area (TPSA) is 116 Å². The highest BCUT2D eigenvalue weighted by Crippen LogP contribution is 2.47. The summed E-state index contributed by atoms with van der Waals surface area (Å²) in [4.78, 5) is 23.0. The smallest absolute Gasteiger partial charge is 0.303 e. The number of rotatable bonds is 13.